The Morgan fingerprint density at radius 3 is 2.65 bits per heavy atom. The van der Waals surface area contributed by atoms with E-state index in [1.54, 1.807) is 7.11 Å². The van der Waals surface area contributed by atoms with Gasteiger partial charge in [0.05, 0.1) is 13.2 Å². The van der Waals surface area contributed by atoms with Crippen LogP contribution < -0.4 is 4.74 Å². The van der Waals surface area contributed by atoms with Gasteiger partial charge in [-0.05, 0) is 63.0 Å². The first kappa shape index (κ1) is 16.5. The highest BCUT2D eigenvalue weighted by atomic mass is 16.5. The van der Waals surface area contributed by atoms with Crippen LogP contribution in [0.2, 0.25) is 0 Å². The third kappa shape index (κ3) is 4.54. The van der Waals surface area contributed by atoms with Gasteiger partial charge in [0, 0.05) is 12.5 Å². The maximum absolute atomic E-state index is 8.59. The maximum Gasteiger partial charge on any atom is 0.119 e. The van der Waals surface area contributed by atoms with E-state index in [1.807, 2.05) is 6.07 Å². The molecular formula is C17H26N2O. The highest BCUT2D eigenvalue weighted by molar-refractivity contribution is 5.36. The molecule has 0 N–H and O–H groups in total. The minimum atomic E-state index is 0.396. The first-order chi connectivity index (χ1) is 9.63. The van der Waals surface area contributed by atoms with Crippen LogP contribution in [0.1, 0.15) is 50.3 Å². The Labute approximate surface area is 123 Å². The molecule has 0 radical (unpaired) electrons. The third-order valence-electron chi connectivity index (χ3n) is 3.86. The summed E-state index contributed by atoms with van der Waals surface area (Å²) in [7, 11) is 1.70. The Bertz CT molecular complexity index is 451. The molecule has 0 amide bonds. The molecule has 0 heterocycles. The highest BCUT2D eigenvalue weighted by Gasteiger charge is 2.15. The van der Waals surface area contributed by atoms with Gasteiger partial charge < -0.3 is 4.74 Å². The molecule has 1 aromatic carbocycles. The van der Waals surface area contributed by atoms with Gasteiger partial charge in [-0.25, -0.2) is 0 Å². The molecule has 0 aliphatic carbocycles. The largest absolute Gasteiger partial charge is 0.497 e. The smallest absolute Gasteiger partial charge is 0.119 e. The second-order valence-corrected chi connectivity index (χ2v) is 5.14. The molecule has 0 saturated heterocycles. The number of aryl methyl sites for hydroxylation is 1. The third-order valence-corrected chi connectivity index (χ3v) is 3.86. The van der Waals surface area contributed by atoms with Crippen molar-refractivity contribution in [2.24, 2.45) is 0 Å². The first-order valence-electron chi connectivity index (χ1n) is 7.39. The van der Waals surface area contributed by atoms with Gasteiger partial charge >= 0.3 is 0 Å². The van der Waals surface area contributed by atoms with Crippen molar-refractivity contribution < 1.29 is 4.74 Å². The van der Waals surface area contributed by atoms with Crippen molar-refractivity contribution in [3.63, 3.8) is 0 Å². The lowest BCUT2D eigenvalue weighted by molar-refractivity contribution is 0.217. The van der Waals surface area contributed by atoms with E-state index in [0.717, 1.165) is 31.7 Å². The average molecular weight is 274 g/mol. The zero-order chi connectivity index (χ0) is 15.0. The van der Waals surface area contributed by atoms with Crippen LogP contribution in [0.25, 0.3) is 0 Å². The number of nitrogens with zero attached hydrogens (tertiary/aromatic N) is 2. The van der Waals surface area contributed by atoms with Gasteiger partial charge in [0.1, 0.15) is 5.75 Å². The van der Waals surface area contributed by atoms with E-state index in [-0.39, 0.29) is 0 Å². The summed E-state index contributed by atoms with van der Waals surface area (Å²) >= 11 is 0. The molecule has 0 aromatic heterocycles. The number of ether oxygens (including phenoxy) is 1. The average Bonchev–Trinajstić information content (AvgIpc) is 2.46. The molecule has 110 valence electrons. The zero-order valence-electron chi connectivity index (χ0n) is 13.1. The summed E-state index contributed by atoms with van der Waals surface area (Å²) in [6, 6.07) is 8.89. The molecule has 1 atom stereocenters. The fourth-order valence-electron chi connectivity index (χ4n) is 2.59. The molecule has 0 aliphatic heterocycles. The predicted octanol–water partition coefficient (Wildman–Crippen LogP) is 4.08. The van der Waals surface area contributed by atoms with Crippen LogP contribution >= 0.6 is 0 Å². The summed E-state index contributed by atoms with van der Waals surface area (Å²) in [5.74, 6) is 0.913. The number of hydrogen-bond donors (Lipinski definition) is 0. The van der Waals surface area contributed by atoms with Gasteiger partial charge in [0.2, 0.25) is 0 Å². The van der Waals surface area contributed by atoms with Crippen LogP contribution in [0.3, 0.4) is 0 Å². The van der Waals surface area contributed by atoms with Gasteiger partial charge in [0.25, 0.3) is 0 Å². The molecular weight excluding hydrogens is 248 g/mol. The summed E-state index contributed by atoms with van der Waals surface area (Å²) in [5.41, 5.74) is 2.63. The lowest BCUT2D eigenvalue weighted by Gasteiger charge is -2.29. The lowest BCUT2D eigenvalue weighted by atomic mass is 10.0. The van der Waals surface area contributed by atoms with Crippen LogP contribution in [0.15, 0.2) is 18.2 Å². The molecule has 0 saturated carbocycles. The molecule has 1 unspecified atom stereocenters. The van der Waals surface area contributed by atoms with E-state index in [1.165, 1.54) is 11.1 Å². The van der Waals surface area contributed by atoms with Crippen molar-refractivity contribution in [2.45, 2.75) is 46.1 Å². The van der Waals surface area contributed by atoms with Crippen molar-refractivity contribution >= 4 is 0 Å². The number of benzene rings is 1. The molecule has 0 bridgehead atoms. The second-order valence-electron chi connectivity index (χ2n) is 5.14. The van der Waals surface area contributed by atoms with E-state index >= 15 is 0 Å². The minimum Gasteiger partial charge on any atom is -0.497 e. The van der Waals surface area contributed by atoms with Crippen LogP contribution in [0, 0.1) is 18.3 Å². The molecule has 3 nitrogen and oxygen atoms in total. The molecule has 1 rings (SSSR count). The predicted molar refractivity (Wildman–Crippen MR) is 82.9 cm³/mol. The number of nitriles is 1. The quantitative estimate of drug-likeness (QED) is 0.670. The Balaban J connectivity index is 2.70. The number of hydrogen-bond acceptors (Lipinski definition) is 3. The molecule has 1 aromatic rings. The number of methoxy groups -OCH3 is 1. The lowest BCUT2D eigenvalue weighted by Crippen LogP contribution is -2.28. The second kappa shape index (κ2) is 8.60. The van der Waals surface area contributed by atoms with Crippen molar-refractivity contribution in [2.75, 3.05) is 20.2 Å². The van der Waals surface area contributed by atoms with Gasteiger partial charge in [-0.1, -0.05) is 13.0 Å². The number of unbranched alkanes of at least 4 members (excludes halogenated alkanes) is 2. The molecule has 0 aliphatic rings. The van der Waals surface area contributed by atoms with Gasteiger partial charge in [-0.15, -0.1) is 0 Å². The Hall–Kier alpha value is -1.53. The summed E-state index contributed by atoms with van der Waals surface area (Å²) in [6.45, 7) is 8.66. The zero-order valence-corrected chi connectivity index (χ0v) is 13.1. The monoisotopic (exact) mass is 274 g/mol. The minimum absolute atomic E-state index is 0.396. The summed E-state index contributed by atoms with van der Waals surface area (Å²) in [4.78, 5) is 2.46. The van der Waals surface area contributed by atoms with E-state index in [0.29, 0.717) is 12.5 Å². The van der Waals surface area contributed by atoms with E-state index in [2.05, 4.69) is 43.9 Å². The van der Waals surface area contributed by atoms with Gasteiger partial charge in [0.15, 0.2) is 0 Å². The Kier molecular flexibility index (Phi) is 7.11. The standard InChI is InChI=1S/C17H26N2O/c1-5-19(12-8-6-7-11-18)15(3)17-10-9-16(20-4)13-14(17)2/h9-10,13,15H,5-8,12H2,1-4H3. The number of rotatable bonds is 8. The summed E-state index contributed by atoms with van der Waals surface area (Å²) < 4.78 is 5.26. The van der Waals surface area contributed by atoms with Crippen LogP contribution in [0.5, 0.6) is 5.75 Å². The molecule has 20 heavy (non-hydrogen) atoms. The topological polar surface area (TPSA) is 36.3 Å². The first-order valence-corrected chi connectivity index (χ1v) is 7.39. The SMILES string of the molecule is CCN(CCCCC#N)C(C)c1ccc(OC)cc1C. The summed E-state index contributed by atoms with van der Waals surface area (Å²) in [6.07, 6.45) is 2.73. The van der Waals surface area contributed by atoms with Crippen LogP contribution in [-0.2, 0) is 0 Å². The van der Waals surface area contributed by atoms with Crippen LogP contribution in [0.4, 0.5) is 0 Å². The fourth-order valence-corrected chi connectivity index (χ4v) is 2.59. The van der Waals surface area contributed by atoms with Crippen molar-refractivity contribution in [1.82, 2.24) is 4.90 Å². The van der Waals surface area contributed by atoms with E-state index in [4.69, 9.17) is 10.00 Å². The molecule has 3 heteroatoms. The van der Waals surface area contributed by atoms with E-state index in [9.17, 15) is 0 Å². The summed E-state index contributed by atoms with van der Waals surface area (Å²) in [5, 5.41) is 8.59. The normalized spacial score (nSPS) is 12.2. The molecule has 0 fully saturated rings. The Morgan fingerprint density at radius 1 is 1.35 bits per heavy atom. The Morgan fingerprint density at radius 2 is 2.10 bits per heavy atom. The molecule has 0 spiro atoms. The fraction of sp³-hybridized carbons (Fsp3) is 0.588. The van der Waals surface area contributed by atoms with E-state index < -0.39 is 0 Å². The van der Waals surface area contributed by atoms with Crippen molar-refractivity contribution in [3.05, 3.63) is 29.3 Å². The maximum atomic E-state index is 8.59. The van der Waals surface area contributed by atoms with Gasteiger partial charge in [-0.3, -0.25) is 4.90 Å². The van der Waals surface area contributed by atoms with Crippen molar-refractivity contribution in [1.29, 1.82) is 5.26 Å². The van der Waals surface area contributed by atoms with Gasteiger partial charge in [-0.2, -0.15) is 5.26 Å². The highest BCUT2D eigenvalue weighted by Crippen LogP contribution is 2.26. The van der Waals surface area contributed by atoms with Crippen LogP contribution in [-0.4, -0.2) is 25.1 Å². The van der Waals surface area contributed by atoms with Crippen molar-refractivity contribution in [3.8, 4) is 11.8 Å².